The van der Waals surface area contributed by atoms with E-state index in [-0.39, 0.29) is 17.7 Å². The monoisotopic (exact) mass is 295 g/mol. The molecule has 0 spiro atoms. The predicted octanol–water partition coefficient (Wildman–Crippen LogP) is 2.37. The first-order valence-corrected chi connectivity index (χ1v) is 7.08. The number of carbonyl (C=O) groups excluding carboxylic acids is 2. The smallest absolute Gasteiger partial charge is 0.227 e. The highest BCUT2D eigenvalue weighted by Gasteiger charge is 2.29. The maximum atomic E-state index is 11.7. The highest BCUT2D eigenvalue weighted by atomic mass is 35.5. The van der Waals surface area contributed by atoms with Crippen LogP contribution in [0.3, 0.4) is 0 Å². The van der Waals surface area contributed by atoms with Crippen LogP contribution >= 0.6 is 11.6 Å². The lowest BCUT2D eigenvalue weighted by Crippen LogP contribution is -2.15. The van der Waals surface area contributed by atoms with Crippen molar-refractivity contribution in [2.24, 2.45) is 11.7 Å². The molecule has 0 saturated heterocycles. The quantitative estimate of drug-likeness (QED) is 0.753. The van der Waals surface area contributed by atoms with Crippen LogP contribution < -0.4 is 16.4 Å². The van der Waals surface area contributed by atoms with Gasteiger partial charge in [0, 0.05) is 18.0 Å². The summed E-state index contributed by atoms with van der Waals surface area (Å²) in [6, 6.07) is 5.04. The minimum Gasteiger partial charge on any atom is -0.330 e. The van der Waals surface area contributed by atoms with Crippen LogP contribution in [0.5, 0.6) is 0 Å². The Morgan fingerprint density at radius 2 is 2.05 bits per heavy atom. The Morgan fingerprint density at radius 1 is 1.30 bits per heavy atom. The van der Waals surface area contributed by atoms with Crippen molar-refractivity contribution in [3.05, 3.63) is 23.2 Å². The summed E-state index contributed by atoms with van der Waals surface area (Å²) in [6.45, 7) is 0.486. The lowest BCUT2D eigenvalue weighted by molar-refractivity contribution is -0.117. The summed E-state index contributed by atoms with van der Waals surface area (Å²) in [6.07, 6.45) is 2.92. The summed E-state index contributed by atoms with van der Waals surface area (Å²) in [5.74, 6) is 0.0367. The van der Waals surface area contributed by atoms with Crippen molar-refractivity contribution in [1.82, 2.24) is 0 Å². The normalized spacial score (nSPS) is 13.9. The second-order valence-electron chi connectivity index (χ2n) is 4.90. The Kier molecular flexibility index (Phi) is 4.98. The van der Waals surface area contributed by atoms with E-state index in [2.05, 4.69) is 10.6 Å². The first kappa shape index (κ1) is 14.8. The van der Waals surface area contributed by atoms with Crippen LogP contribution in [0.2, 0.25) is 5.02 Å². The molecule has 0 aromatic heterocycles. The van der Waals surface area contributed by atoms with Crippen LogP contribution in [0.1, 0.15) is 25.7 Å². The van der Waals surface area contributed by atoms with E-state index in [1.54, 1.807) is 18.2 Å². The number of anilines is 2. The molecular formula is C14H18ClN3O2. The number of hydrogen-bond acceptors (Lipinski definition) is 3. The predicted molar refractivity (Wildman–Crippen MR) is 79.7 cm³/mol. The molecule has 1 saturated carbocycles. The fourth-order valence-electron chi connectivity index (χ4n) is 1.76. The van der Waals surface area contributed by atoms with Crippen LogP contribution in [-0.4, -0.2) is 18.4 Å². The first-order valence-electron chi connectivity index (χ1n) is 6.70. The molecule has 1 aliphatic rings. The molecule has 5 nitrogen and oxygen atoms in total. The number of nitrogens with two attached hydrogens (primary N) is 1. The molecule has 4 N–H and O–H groups in total. The molecule has 0 radical (unpaired) electrons. The van der Waals surface area contributed by atoms with Crippen LogP contribution in [0.15, 0.2) is 18.2 Å². The van der Waals surface area contributed by atoms with E-state index in [1.807, 2.05) is 0 Å². The molecule has 2 amide bonds. The molecule has 20 heavy (non-hydrogen) atoms. The average molecular weight is 296 g/mol. The van der Waals surface area contributed by atoms with Gasteiger partial charge in [0.15, 0.2) is 0 Å². The number of amides is 2. The molecule has 1 aromatic rings. The van der Waals surface area contributed by atoms with Gasteiger partial charge in [-0.3, -0.25) is 9.59 Å². The molecule has 0 atom stereocenters. The van der Waals surface area contributed by atoms with Crippen molar-refractivity contribution in [2.75, 3.05) is 17.2 Å². The Labute approximate surface area is 122 Å². The van der Waals surface area contributed by atoms with Gasteiger partial charge in [-0.25, -0.2) is 0 Å². The minimum absolute atomic E-state index is 0.00614. The van der Waals surface area contributed by atoms with E-state index in [9.17, 15) is 9.59 Å². The third kappa shape index (κ3) is 4.21. The maximum Gasteiger partial charge on any atom is 0.227 e. The zero-order valence-electron chi connectivity index (χ0n) is 11.1. The Bertz CT molecular complexity index is 515. The van der Waals surface area contributed by atoms with Gasteiger partial charge in [-0.05, 0) is 44.0 Å². The number of halogens is 1. The summed E-state index contributed by atoms with van der Waals surface area (Å²) in [5.41, 5.74) is 6.53. The van der Waals surface area contributed by atoms with Crippen LogP contribution in [0.25, 0.3) is 0 Å². The molecule has 2 rings (SSSR count). The number of nitrogens with one attached hydrogen (secondary N) is 2. The lowest BCUT2D eigenvalue weighted by Gasteiger charge is -2.09. The fraction of sp³-hybridized carbons (Fsp3) is 0.429. The molecule has 1 aromatic carbocycles. The number of rotatable bonds is 6. The SMILES string of the molecule is NCCCC(=O)Nc1ccc(NC(=O)C2CC2)c(Cl)c1. The topological polar surface area (TPSA) is 84.2 Å². The van der Waals surface area contributed by atoms with E-state index < -0.39 is 0 Å². The van der Waals surface area contributed by atoms with Gasteiger partial charge >= 0.3 is 0 Å². The van der Waals surface area contributed by atoms with Gasteiger partial charge in [-0.1, -0.05) is 11.6 Å². The van der Waals surface area contributed by atoms with E-state index in [0.29, 0.717) is 35.8 Å². The highest BCUT2D eigenvalue weighted by molar-refractivity contribution is 6.34. The van der Waals surface area contributed by atoms with Crippen molar-refractivity contribution in [1.29, 1.82) is 0 Å². The molecule has 0 aliphatic heterocycles. The molecule has 1 aliphatic carbocycles. The Balaban J connectivity index is 1.94. The van der Waals surface area contributed by atoms with Gasteiger partial charge in [-0.2, -0.15) is 0 Å². The molecule has 1 fully saturated rings. The largest absolute Gasteiger partial charge is 0.330 e. The Hall–Kier alpha value is -1.59. The van der Waals surface area contributed by atoms with E-state index >= 15 is 0 Å². The summed E-state index contributed by atoms with van der Waals surface area (Å²) >= 11 is 6.10. The van der Waals surface area contributed by atoms with Crippen molar-refractivity contribution in [2.45, 2.75) is 25.7 Å². The maximum absolute atomic E-state index is 11.7. The minimum atomic E-state index is -0.0960. The van der Waals surface area contributed by atoms with Crippen LogP contribution in [0.4, 0.5) is 11.4 Å². The summed E-state index contributed by atoms with van der Waals surface area (Å²) in [5, 5.41) is 5.94. The summed E-state index contributed by atoms with van der Waals surface area (Å²) < 4.78 is 0. The number of carbonyl (C=O) groups is 2. The highest BCUT2D eigenvalue weighted by Crippen LogP contribution is 2.32. The second kappa shape index (κ2) is 6.72. The van der Waals surface area contributed by atoms with E-state index in [0.717, 1.165) is 12.8 Å². The molecular weight excluding hydrogens is 278 g/mol. The van der Waals surface area contributed by atoms with Crippen LogP contribution in [0, 0.1) is 5.92 Å². The van der Waals surface area contributed by atoms with Crippen molar-refractivity contribution in [3.63, 3.8) is 0 Å². The van der Waals surface area contributed by atoms with E-state index in [4.69, 9.17) is 17.3 Å². The first-order chi connectivity index (χ1) is 9.60. The van der Waals surface area contributed by atoms with Gasteiger partial charge in [0.2, 0.25) is 11.8 Å². The average Bonchev–Trinajstić information content (AvgIpc) is 3.24. The van der Waals surface area contributed by atoms with Gasteiger partial charge in [0.05, 0.1) is 10.7 Å². The zero-order valence-corrected chi connectivity index (χ0v) is 11.9. The molecule has 0 unspecified atom stereocenters. The number of hydrogen-bond donors (Lipinski definition) is 3. The van der Waals surface area contributed by atoms with Crippen molar-refractivity contribution < 1.29 is 9.59 Å². The third-order valence-corrected chi connectivity index (χ3v) is 3.38. The lowest BCUT2D eigenvalue weighted by atomic mass is 10.2. The molecule has 0 bridgehead atoms. The van der Waals surface area contributed by atoms with E-state index in [1.165, 1.54) is 0 Å². The van der Waals surface area contributed by atoms with Crippen molar-refractivity contribution >= 4 is 34.8 Å². The van der Waals surface area contributed by atoms with Crippen molar-refractivity contribution in [3.8, 4) is 0 Å². The number of benzene rings is 1. The summed E-state index contributed by atoms with van der Waals surface area (Å²) in [7, 11) is 0. The van der Waals surface area contributed by atoms with Crippen LogP contribution in [-0.2, 0) is 9.59 Å². The zero-order chi connectivity index (χ0) is 14.5. The molecule has 108 valence electrons. The van der Waals surface area contributed by atoms with Gasteiger partial charge in [-0.15, -0.1) is 0 Å². The molecule has 0 heterocycles. The van der Waals surface area contributed by atoms with Gasteiger partial charge in [0.1, 0.15) is 0 Å². The van der Waals surface area contributed by atoms with Gasteiger partial charge < -0.3 is 16.4 Å². The Morgan fingerprint density at radius 3 is 2.65 bits per heavy atom. The second-order valence-corrected chi connectivity index (χ2v) is 5.31. The molecule has 6 heteroatoms. The standard InChI is InChI=1S/C14H18ClN3O2/c15-11-8-10(17-13(19)2-1-7-16)5-6-12(11)18-14(20)9-3-4-9/h5-6,8-9H,1-4,7,16H2,(H,17,19)(H,18,20). The third-order valence-electron chi connectivity index (χ3n) is 3.07. The van der Waals surface area contributed by atoms with Gasteiger partial charge in [0.25, 0.3) is 0 Å². The fourth-order valence-corrected chi connectivity index (χ4v) is 1.99. The summed E-state index contributed by atoms with van der Waals surface area (Å²) in [4.78, 5) is 23.2.